The lowest BCUT2D eigenvalue weighted by molar-refractivity contribution is 0.00681. The van der Waals surface area contributed by atoms with Crippen LogP contribution in [0.1, 0.15) is 58.3 Å². The molecule has 1 saturated carbocycles. The fourth-order valence-electron chi connectivity index (χ4n) is 3.67. The average Bonchev–Trinajstić information content (AvgIpc) is 3.17. The molecule has 2 aliphatic heterocycles. The van der Waals surface area contributed by atoms with Crippen LogP contribution in [0.25, 0.3) is 0 Å². The topological polar surface area (TPSA) is 24.5 Å². The van der Waals surface area contributed by atoms with Gasteiger partial charge < -0.3 is 10.1 Å². The first kappa shape index (κ1) is 13.8. The van der Waals surface area contributed by atoms with E-state index < -0.39 is 0 Å². The highest BCUT2D eigenvalue weighted by Crippen LogP contribution is 2.26. The molecule has 0 radical (unpaired) electrons. The van der Waals surface area contributed by atoms with Crippen molar-refractivity contribution in [2.75, 3.05) is 19.6 Å². The van der Waals surface area contributed by atoms with Crippen molar-refractivity contribution in [3.05, 3.63) is 0 Å². The second-order valence-electron chi connectivity index (χ2n) is 6.69. The van der Waals surface area contributed by atoms with Crippen LogP contribution in [0.4, 0.5) is 0 Å². The lowest BCUT2D eigenvalue weighted by Crippen LogP contribution is -2.43. The van der Waals surface area contributed by atoms with E-state index >= 15 is 0 Å². The molecule has 0 aromatic carbocycles. The molecule has 3 atom stereocenters. The van der Waals surface area contributed by atoms with E-state index in [1.165, 1.54) is 64.5 Å². The Kier molecular flexibility index (Phi) is 4.78. The summed E-state index contributed by atoms with van der Waals surface area (Å²) >= 11 is 0. The molecular formula is C16H30N2O. The lowest BCUT2D eigenvalue weighted by atomic mass is 9.99. The Morgan fingerprint density at radius 3 is 2.68 bits per heavy atom. The van der Waals surface area contributed by atoms with Gasteiger partial charge in [-0.2, -0.15) is 0 Å². The van der Waals surface area contributed by atoms with Crippen LogP contribution in [0, 0.1) is 0 Å². The lowest BCUT2D eigenvalue weighted by Gasteiger charge is -2.36. The molecule has 0 amide bonds. The Labute approximate surface area is 118 Å². The quantitative estimate of drug-likeness (QED) is 0.799. The maximum atomic E-state index is 6.23. The number of likely N-dealkylation sites (tertiary alicyclic amines) is 1. The largest absolute Gasteiger partial charge is 0.372 e. The van der Waals surface area contributed by atoms with Gasteiger partial charge in [-0.05, 0) is 51.5 Å². The number of nitrogens with zero attached hydrogens (tertiary/aromatic N) is 1. The minimum Gasteiger partial charge on any atom is -0.372 e. The summed E-state index contributed by atoms with van der Waals surface area (Å²) in [6.45, 7) is 5.89. The van der Waals surface area contributed by atoms with Gasteiger partial charge in [0.15, 0.2) is 0 Å². The van der Waals surface area contributed by atoms with E-state index in [0.29, 0.717) is 12.2 Å². The summed E-state index contributed by atoms with van der Waals surface area (Å²) in [5.74, 6) is 0. The molecule has 110 valence electrons. The Morgan fingerprint density at radius 1 is 1.05 bits per heavy atom. The minimum atomic E-state index is 0.482. The number of piperidine rings is 1. The normalized spacial score (nSPS) is 36.8. The zero-order chi connectivity index (χ0) is 13.1. The van der Waals surface area contributed by atoms with Crippen LogP contribution in [0.2, 0.25) is 0 Å². The highest BCUT2D eigenvalue weighted by Gasteiger charge is 2.31. The molecule has 3 nitrogen and oxygen atoms in total. The summed E-state index contributed by atoms with van der Waals surface area (Å²) in [4.78, 5) is 2.70. The maximum absolute atomic E-state index is 6.23. The highest BCUT2D eigenvalue weighted by molar-refractivity contribution is 4.86. The van der Waals surface area contributed by atoms with Crippen LogP contribution in [-0.4, -0.2) is 48.8 Å². The van der Waals surface area contributed by atoms with Crippen molar-refractivity contribution in [3.63, 3.8) is 0 Å². The molecule has 2 saturated heterocycles. The van der Waals surface area contributed by atoms with E-state index in [1.807, 2.05) is 0 Å². The molecule has 2 heterocycles. The van der Waals surface area contributed by atoms with Gasteiger partial charge in [0.25, 0.3) is 0 Å². The van der Waals surface area contributed by atoms with Crippen molar-refractivity contribution in [3.8, 4) is 0 Å². The fraction of sp³-hybridized carbons (Fsp3) is 1.00. The minimum absolute atomic E-state index is 0.482. The monoisotopic (exact) mass is 266 g/mol. The summed E-state index contributed by atoms with van der Waals surface area (Å²) in [7, 11) is 0. The predicted octanol–water partition coefficient (Wildman–Crippen LogP) is 2.55. The Bertz CT molecular complexity index is 280. The first-order valence-electron chi connectivity index (χ1n) is 8.48. The van der Waals surface area contributed by atoms with Crippen LogP contribution in [0.3, 0.4) is 0 Å². The number of ether oxygens (including phenoxy) is 1. The number of rotatable bonds is 6. The van der Waals surface area contributed by atoms with Gasteiger partial charge in [-0.3, -0.25) is 4.90 Å². The van der Waals surface area contributed by atoms with Crippen molar-refractivity contribution in [1.82, 2.24) is 10.2 Å². The second kappa shape index (κ2) is 6.55. The van der Waals surface area contributed by atoms with Gasteiger partial charge in [0.2, 0.25) is 0 Å². The van der Waals surface area contributed by atoms with Crippen LogP contribution in [0.5, 0.6) is 0 Å². The molecule has 3 fully saturated rings. The number of nitrogens with one attached hydrogen (secondary N) is 1. The van der Waals surface area contributed by atoms with E-state index in [-0.39, 0.29) is 0 Å². The van der Waals surface area contributed by atoms with Crippen LogP contribution in [0.15, 0.2) is 0 Å². The third kappa shape index (κ3) is 3.93. The van der Waals surface area contributed by atoms with Gasteiger partial charge in [-0.15, -0.1) is 0 Å². The average molecular weight is 266 g/mol. The number of hydrogen-bond donors (Lipinski definition) is 1. The van der Waals surface area contributed by atoms with E-state index in [9.17, 15) is 0 Å². The molecule has 0 aromatic heterocycles. The zero-order valence-electron chi connectivity index (χ0n) is 12.4. The van der Waals surface area contributed by atoms with Gasteiger partial charge >= 0.3 is 0 Å². The summed E-state index contributed by atoms with van der Waals surface area (Å²) < 4.78 is 6.23. The van der Waals surface area contributed by atoms with Crippen molar-refractivity contribution in [2.24, 2.45) is 0 Å². The zero-order valence-corrected chi connectivity index (χ0v) is 12.4. The van der Waals surface area contributed by atoms with Crippen molar-refractivity contribution >= 4 is 0 Å². The molecule has 0 aromatic rings. The molecule has 3 rings (SSSR count). The van der Waals surface area contributed by atoms with Crippen LogP contribution >= 0.6 is 0 Å². The first-order valence-corrected chi connectivity index (χ1v) is 8.48. The van der Waals surface area contributed by atoms with E-state index in [4.69, 9.17) is 4.74 Å². The SMILES string of the molecule is CCC1CCCCN1CC1CCC(CNC2CC2)O1. The molecule has 19 heavy (non-hydrogen) atoms. The van der Waals surface area contributed by atoms with Crippen molar-refractivity contribution < 1.29 is 4.74 Å². The Morgan fingerprint density at radius 2 is 1.89 bits per heavy atom. The van der Waals surface area contributed by atoms with Gasteiger partial charge in [-0.1, -0.05) is 13.3 Å². The maximum Gasteiger partial charge on any atom is 0.0707 e. The molecule has 3 unspecified atom stereocenters. The Balaban J connectivity index is 1.39. The standard InChI is InChI=1S/C16H30N2O/c1-2-14-5-3-4-10-18(14)12-16-9-8-15(19-16)11-17-13-6-7-13/h13-17H,2-12H2,1H3. The molecule has 1 N–H and O–H groups in total. The fourth-order valence-corrected chi connectivity index (χ4v) is 3.67. The molecular weight excluding hydrogens is 236 g/mol. The summed E-state index contributed by atoms with van der Waals surface area (Å²) in [5.41, 5.74) is 0. The third-order valence-corrected chi connectivity index (χ3v) is 5.07. The molecule has 3 heteroatoms. The van der Waals surface area contributed by atoms with Crippen molar-refractivity contribution in [2.45, 2.75) is 82.6 Å². The summed E-state index contributed by atoms with van der Waals surface area (Å²) in [6, 6.07) is 1.63. The highest BCUT2D eigenvalue weighted by atomic mass is 16.5. The van der Waals surface area contributed by atoms with E-state index in [0.717, 1.165) is 18.6 Å². The predicted molar refractivity (Wildman–Crippen MR) is 78.4 cm³/mol. The summed E-state index contributed by atoms with van der Waals surface area (Å²) in [5, 5.41) is 3.60. The first-order chi connectivity index (χ1) is 9.35. The Hall–Kier alpha value is -0.120. The van der Waals surface area contributed by atoms with Crippen molar-refractivity contribution in [1.29, 1.82) is 0 Å². The van der Waals surface area contributed by atoms with Gasteiger partial charge in [0, 0.05) is 25.2 Å². The van der Waals surface area contributed by atoms with Crippen LogP contribution in [-0.2, 0) is 4.74 Å². The molecule has 0 bridgehead atoms. The van der Waals surface area contributed by atoms with Crippen LogP contribution < -0.4 is 5.32 Å². The molecule has 3 aliphatic rings. The summed E-state index contributed by atoms with van der Waals surface area (Å²) in [6.07, 6.45) is 11.8. The van der Waals surface area contributed by atoms with E-state index in [1.54, 1.807) is 0 Å². The van der Waals surface area contributed by atoms with Gasteiger partial charge in [0.1, 0.15) is 0 Å². The molecule has 0 spiro atoms. The smallest absolute Gasteiger partial charge is 0.0707 e. The molecule has 1 aliphatic carbocycles. The van der Waals surface area contributed by atoms with E-state index in [2.05, 4.69) is 17.1 Å². The second-order valence-corrected chi connectivity index (χ2v) is 6.69. The third-order valence-electron chi connectivity index (χ3n) is 5.07. The number of hydrogen-bond acceptors (Lipinski definition) is 3. The van der Waals surface area contributed by atoms with Gasteiger partial charge in [0.05, 0.1) is 12.2 Å². The van der Waals surface area contributed by atoms with Gasteiger partial charge in [-0.25, -0.2) is 0 Å².